The van der Waals surface area contributed by atoms with Gasteiger partial charge in [0.25, 0.3) is 0 Å². The fourth-order valence-electron chi connectivity index (χ4n) is 2.19. The van der Waals surface area contributed by atoms with E-state index in [0.717, 1.165) is 25.7 Å². The first-order chi connectivity index (χ1) is 8.19. The summed E-state index contributed by atoms with van der Waals surface area (Å²) in [5, 5.41) is 13.1. The van der Waals surface area contributed by atoms with Crippen LogP contribution >= 0.6 is 0 Å². The summed E-state index contributed by atoms with van der Waals surface area (Å²) in [6.45, 7) is 2.54. The second kappa shape index (κ2) is 7.45. The van der Waals surface area contributed by atoms with E-state index in [1.54, 1.807) is 0 Å². The molecule has 4 heteroatoms. The van der Waals surface area contributed by atoms with Gasteiger partial charge in [-0.05, 0) is 19.3 Å². The smallest absolute Gasteiger partial charge is 0.333 e. The highest BCUT2D eigenvalue weighted by molar-refractivity contribution is 5.88. The predicted molar refractivity (Wildman–Crippen MR) is 66.7 cm³/mol. The minimum absolute atomic E-state index is 0.163. The number of nitrogens with one attached hydrogen (secondary N) is 1. The molecule has 0 spiro atoms. The Morgan fingerprint density at radius 1 is 1.47 bits per heavy atom. The van der Waals surface area contributed by atoms with Crippen molar-refractivity contribution in [3.05, 3.63) is 11.6 Å². The van der Waals surface area contributed by atoms with Crippen LogP contribution < -0.4 is 5.32 Å². The third-order valence-electron chi connectivity index (χ3n) is 3.29. The number of carbonyl (C=O) groups excluding carboxylic acids is 1. The number of carbonyl (C=O) groups is 1. The predicted octanol–water partition coefficient (Wildman–Crippen LogP) is 1.39. The molecule has 0 radical (unpaired) electrons. The maximum atomic E-state index is 11.3. The van der Waals surface area contributed by atoms with Crippen LogP contribution in [0.15, 0.2) is 11.6 Å². The van der Waals surface area contributed by atoms with Crippen molar-refractivity contribution in [3.8, 4) is 0 Å². The number of hydrogen-bond donors (Lipinski definition) is 2. The molecular formula is C13H23NO3. The highest BCUT2D eigenvalue weighted by atomic mass is 16.5. The number of methoxy groups -OCH3 is 1. The molecule has 0 amide bonds. The van der Waals surface area contributed by atoms with Gasteiger partial charge < -0.3 is 15.2 Å². The molecule has 0 aliphatic heterocycles. The third kappa shape index (κ3) is 4.48. The number of esters is 1. The summed E-state index contributed by atoms with van der Waals surface area (Å²) >= 11 is 0. The zero-order chi connectivity index (χ0) is 12.7. The van der Waals surface area contributed by atoms with Gasteiger partial charge in [0.1, 0.15) is 0 Å². The van der Waals surface area contributed by atoms with Gasteiger partial charge in [0.2, 0.25) is 0 Å². The van der Waals surface area contributed by atoms with Crippen LogP contribution in [0.4, 0.5) is 0 Å². The molecule has 1 saturated carbocycles. The highest BCUT2D eigenvalue weighted by Crippen LogP contribution is 2.18. The van der Waals surface area contributed by atoms with E-state index in [0.29, 0.717) is 18.5 Å². The lowest BCUT2D eigenvalue weighted by Gasteiger charge is -2.28. The van der Waals surface area contributed by atoms with E-state index in [4.69, 9.17) is 0 Å². The molecule has 2 unspecified atom stereocenters. The van der Waals surface area contributed by atoms with Crippen molar-refractivity contribution >= 4 is 5.97 Å². The van der Waals surface area contributed by atoms with E-state index >= 15 is 0 Å². The van der Waals surface area contributed by atoms with Gasteiger partial charge in [0.15, 0.2) is 0 Å². The van der Waals surface area contributed by atoms with Crippen LogP contribution in [0.5, 0.6) is 0 Å². The van der Waals surface area contributed by atoms with Crippen LogP contribution in [0.2, 0.25) is 0 Å². The molecule has 2 N–H and O–H groups in total. The fraction of sp³-hybridized carbons (Fsp3) is 0.769. The Morgan fingerprint density at radius 2 is 2.18 bits per heavy atom. The summed E-state index contributed by atoms with van der Waals surface area (Å²) in [7, 11) is 1.39. The normalized spacial score (nSPS) is 25.7. The lowest BCUT2D eigenvalue weighted by molar-refractivity contribution is -0.136. The molecule has 1 aliphatic rings. The van der Waals surface area contributed by atoms with Gasteiger partial charge in [-0.2, -0.15) is 0 Å². The quantitative estimate of drug-likeness (QED) is 0.564. The summed E-state index contributed by atoms with van der Waals surface area (Å²) in [4.78, 5) is 11.3. The first-order valence-electron chi connectivity index (χ1n) is 6.37. The minimum Gasteiger partial charge on any atom is -0.466 e. The lowest BCUT2D eigenvalue weighted by Crippen LogP contribution is -2.42. The van der Waals surface area contributed by atoms with Crippen LogP contribution in [-0.4, -0.2) is 36.9 Å². The molecule has 0 heterocycles. The lowest BCUT2D eigenvalue weighted by atomic mass is 9.92. The molecule has 1 rings (SSSR count). The monoisotopic (exact) mass is 241 g/mol. The largest absolute Gasteiger partial charge is 0.466 e. The van der Waals surface area contributed by atoms with Gasteiger partial charge in [0.05, 0.1) is 13.2 Å². The zero-order valence-corrected chi connectivity index (χ0v) is 10.7. The van der Waals surface area contributed by atoms with Crippen molar-refractivity contribution < 1.29 is 14.6 Å². The first-order valence-corrected chi connectivity index (χ1v) is 6.37. The number of ether oxygens (including phenoxy) is 1. The van der Waals surface area contributed by atoms with Gasteiger partial charge in [-0.25, -0.2) is 4.79 Å². The Labute approximate surface area is 103 Å². The van der Waals surface area contributed by atoms with Crippen LogP contribution in [0.3, 0.4) is 0 Å². The van der Waals surface area contributed by atoms with Crippen molar-refractivity contribution in [2.45, 2.75) is 51.2 Å². The van der Waals surface area contributed by atoms with Crippen LogP contribution in [0, 0.1) is 0 Å². The van der Waals surface area contributed by atoms with Crippen LogP contribution in [-0.2, 0) is 9.53 Å². The van der Waals surface area contributed by atoms with Crippen molar-refractivity contribution in [1.29, 1.82) is 0 Å². The fourth-order valence-corrected chi connectivity index (χ4v) is 2.19. The van der Waals surface area contributed by atoms with E-state index in [-0.39, 0.29) is 18.1 Å². The Balaban J connectivity index is 2.38. The molecule has 0 saturated heterocycles. The molecule has 2 atom stereocenters. The second-order valence-corrected chi connectivity index (χ2v) is 4.44. The van der Waals surface area contributed by atoms with Gasteiger partial charge in [-0.3, -0.25) is 0 Å². The Hall–Kier alpha value is -0.870. The van der Waals surface area contributed by atoms with Gasteiger partial charge in [0, 0.05) is 18.2 Å². The van der Waals surface area contributed by atoms with Crippen molar-refractivity contribution in [2.24, 2.45) is 0 Å². The Morgan fingerprint density at radius 3 is 2.76 bits per heavy atom. The summed E-state index contributed by atoms with van der Waals surface area (Å²) in [6.07, 6.45) is 6.43. The van der Waals surface area contributed by atoms with Crippen LogP contribution in [0.25, 0.3) is 0 Å². The number of rotatable bonds is 5. The molecule has 1 fully saturated rings. The average molecular weight is 241 g/mol. The van der Waals surface area contributed by atoms with Crippen molar-refractivity contribution in [3.63, 3.8) is 0 Å². The standard InChI is InChI=1S/C13H23NO3/c1-3-10(13(16)17-2)8-9-14-11-6-4-5-7-12(11)15/h8,11-12,14-15H,3-7,9H2,1-2H3. The van der Waals surface area contributed by atoms with Gasteiger partial charge >= 0.3 is 5.97 Å². The summed E-state index contributed by atoms with van der Waals surface area (Å²) in [5.74, 6) is -0.265. The topological polar surface area (TPSA) is 58.6 Å². The van der Waals surface area contributed by atoms with Crippen molar-refractivity contribution in [1.82, 2.24) is 5.32 Å². The summed E-state index contributed by atoms with van der Waals surface area (Å²) in [6, 6.07) is 0.163. The molecule has 0 aromatic heterocycles. The summed E-state index contributed by atoms with van der Waals surface area (Å²) in [5.41, 5.74) is 0.685. The molecule has 0 aromatic carbocycles. The van der Waals surface area contributed by atoms with Gasteiger partial charge in [-0.1, -0.05) is 25.8 Å². The van der Waals surface area contributed by atoms with E-state index < -0.39 is 0 Å². The second-order valence-electron chi connectivity index (χ2n) is 4.44. The van der Waals surface area contributed by atoms with E-state index in [1.165, 1.54) is 7.11 Å². The van der Waals surface area contributed by atoms with Gasteiger partial charge in [-0.15, -0.1) is 0 Å². The molecule has 1 aliphatic carbocycles. The molecule has 98 valence electrons. The SMILES string of the molecule is CCC(=CCNC1CCCCC1O)C(=O)OC. The summed E-state index contributed by atoms with van der Waals surface area (Å²) < 4.78 is 4.68. The number of aliphatic hydroxyl groups excluding tert-OH is 1. The molecule has 0 bridgehead atoms. The number of aliphatic hydroxyl groups is 1. The molecule has 4 nitrogen and oxygen atoms in total. The average Bonchev–Trinajstić information content (AvgIpc) is 2.36. The minimum atomic E-state index is -0.265. The zero-order valence-electron chi connectivity index (χ0n) is 10.7. The Bertz CT molecular complexity index is 276. The molecular weight excluding hydrogens is 218 g/mol. The van der Waals surface area contributed by atoms with Crippen LogP contribution in [0.1, 0.15) is 39.0 Å². The van der Waals surface area contributed by atoms with E-state index in [1.807, 2.05) is 13.0 Å². The van der Waals surface area contributed by atoms with E-state index in [2.05, 4.69) is 10.1 Å². The maximum absolute atomic E-state index is 11.3. The number of hydrogen-bond acceptors (Lipinski definition) is 4. The first kappa shape index (κ1) is 14.2. The van der Waals surface area contributed by atoms with Crippen molar-refractivity contribution in [2.75, 3.05) is 13.7 Å². The molecule has 0 aromatic rings. The third-order valence-corrected chi connectivity index (χ3v) is 3.29. The molecule has 17 heavy (non-hydrogen) atoms. The maximum Gasteiger partial charge on any atom is 0.333 e. The highest BCUT2D eigenvalue weighted by Gasteiger charge is 2.21. The Kier molecular flexibility index (Phi) is 6.22. The van der Waals surface area contributed by atoms with E-state index in [9.17, 15) is 9.90 Å².